The largest absolute Gasteiger partial charge is 0.444 e. The lowest BCUT2D eigenvalue weighted by Gasteiger charge is -2.43. The minimum Gasteiger partial charge on any atom is -0.444 e. The van der Waals surface area contributed by atoms with Crippen LogP contribution in [-0.2, 0) is 4.74 Å². The number of amides is 1. The Morgan fingerprint density at radius 2 is 1.85 bits per heavy atom. The van der Waals surface area contributed by atoms with Gasteiger partial charge in [-0.25, -0.2) is 4.79 Å². The molecule has 0 aromatic rings. The highest BCUT2D eigenvalue weighted by molar-refractivity contribution is 5.68. The van der Waals surface area contributed by atoms with Crippen LogP contribution in [0.1, 0.15) is 34.1 Å². The Hall–Kier alpha value is -0.810. The van der Waals surface area contributed by atoms with Gasteiger partial charge in [-0.2, -0.15) is 0 Å². The van der Waals surface area contributed by atoms with E-state index in [2.05, 4.69) is 17.1 Å². The summed E-state index contributed by atoms with van der Waals surface area (Å²) in [6.45, 7) is 13.8. The Morgan fingerprint density at radius 3 is 2.40 bits per heavy atom. The molecule has 0 bridgehead atoms. The van der Waals surface area contributed by atoms with E-state index in [9.17, 15) is 4.79 Å². The molecule has 2 unspecified atom stereocenters. The van der Waals surface area contributed by atoms with Crippen LogP contribution < -0.4 is 5.32 Å². The first-order valence-electron chi connectivity index (χ1n) is 7.79. The van der Waals surface area contributed by atoms with Crippen LogP contribution in [0.2, 0.25) is 0 Å². The average molecular weight is 283 g/mol. The third kappa shape index (κ3) is 4.09. The van der Waals surface area contributed by atoms with Crippen LogP contribution in [0.3, 0.4) is 0 Å². The van der Waals surface area contributed by atoms with Crippen LogP contribution in [0, 0.1) is 5.92 Å². The van der Waals surface area contributed by atoms with Crippen molar-refractivity contribution in [1.82, 2.24) is 15.1 Å². The first kappa shape index (κ1) is 15.6. The van der Waals surface area contributed by atoms with E-state index in [0.29, 0.717) is 12.0 Å². The Morgan fingerprint density at radius 1 is 1.20 bits per heavy atom. The molecule has 2 aliphatic rings. The zero-order chi connectivity index (χ0) is 14.8. The van der Waals surface area contributed by atoms with Crippen LogP contribution in [0.5, 0.6) is 0 Å². The van der Waals surface area contributed by atoms with Gasteiger partial charge in [0.25, 0.3) is 0 Å². The number of hydrogen-bond donors (Lipinski definition) is 1. The summed E-state index contributed by atoms with van der Waals surface area (Å²) in [4.78, 5) is 16.4. The van der Waals surface area contributed by atoms with Crippen molar-refractivity contribution in [2.45, 2.75) is 45.8 Å². The summed E-state index contributed by atoms with van der Waals surface area (Å²) < 4.78 is 5.44. The van der Waals surface area contributed by atoms with Crippen molar-refractivity contribution in [3.05, 3.63) is 0 Å². The maximum absolute atomic E-state index is 12.0. The fourth-order valence-corrected chi connectivity index (χ4v) is 3.11. The zero-order valence-corrected chi connectivity index (χ0v) is 13.3. The summed E-state index contributed by atoms with van der Waals surface area (Å²) in [5.41, 5.74) is -0.405. The highest BCUT2D eigenvalue weighted by Gasteiger charge is 2.31. The van der Waals surface area contributed by atoms with E-state index in [1.807, 2.05) is 25.7 Å². The van der Waals surface area contributed by atoms with E-state index in [4.69, 9.17) is 4.74 Å². The van der Waals surface area contributed by atoms with Crippen LogP contribution in [0.15, 0.2) is 0 Å². The van der Waals surface area contributed by atoms with Crippen LogP contribution in [-0.4, -0.2) is 66.8 Å². The van der Waals surface area contributed by atoms with Crippen LogP contribution >= 0.6 is 0 Å². The molecule has 1 amide bonds. The molecule has 1 N–H and O–H groups in total. The third-order valence-corrected chi connectivity index (χ3v) is 4.18. The molecule has 116 valence electrons. The van der Waals surface area contributed by atoms with Gasteiger partial charge in [-0.3, -0.25) is 4.90 Å². The fraction of sp³-hybridized carbons (Fsp3) is 0.933. The van der Waals surface area contributed by atoms with E-state index in [-0.39, 0.29) is 6.09 Å². The van der Waals surface area contributed by atoms with Crippen molar-refractivity contribution < 1.29 is 9.53 Å². The number of ether oxygens (including phenoxy) is 1. The molecule has 5 nitrogen and oxygen atoms in total. The third-order valence-electron chi connectivity index (χ3n) is 4.18. The summed E-state index contributed by atoms with van der Waals surface area (Å²) >= 11 is 0. The first-order chi connectivity index (χ1) is 9.37. The highest BCUT2D eigenvalue weighted by atomic mass is 16.6. The predicted molar refractivity (Wildman–Crippen MR) is 79.8 cm³/mol. The summed E-state index contributed by atoms with van der Waals surface area (Å²) in [6, 6.07) is 0.664. The van der Waals surface area contributed by atoms with E-state index >= 15 is 0 Å². The first-order valence-corrected chi connectivity index (χ1v) is 7.79. The van der Waals surface area contributed by atoms with Crippen molar-refractivity contribution in [3.63, 3.8) is 0 Å². The number of carbonyl (C=O) groups excluding carboxylic acids is 1. The molecule has 0 aliphatic carbocycles. The summed E-state index contributed by atoms with van der Waals surface area (Å²) in [7, 11) is 0. The van der Waals surface area contributed by atoms with Gasteiger partial charge in [-0.05, 0) is 46.2 Å². The molecule has 0 saturated carbocycles. The van der Waals surface area contributed by atoms with Crippen LogP contribution in [0.25, 0.3) is 0 Å². The number of nitrogens with zero attached hydrogens (tertiary/aromatic N) is 2. The summed E-state index contributed by atoms with van der Waals surface area (Å²) in [5, 5.41) is 3.45. The molecular weight excluding hydrogens is 254 g/mol. The number of piperazine rings is 1. The van der Waals surface area contributed by atoms with Gasteiger partial charge >= 0.3 is 6.09 Å². The number of rotatable bonds is 1. The topological polar surface area (TPSA) is 44.8 Å². The lowest BCUT2D eigenvalue weighted by Crippen LogP contribution is -2.56. The molecule has 5 heteroatoms. The predicted octanol–water partition coefficient (Wildman–Crippen LogP) is 1.54. The quantitative estimate of drug-likeness (QED) is 0.793. The zero-order valence-electron chi connectivity index (χ0n) is 13.3. The maximum atomic E-state index is 12.0. The number of piperidine rings is 1. The monoisotopic (exact) mass is 283 g/mol. The van der Waals surface area contributed by atoms with Gasteiger partial charge in [-0.1, -0.05) is 6.92 Å². The van der Waals surface area contributed by atoms with E-state index in [0.717, 1.165) is 39.3 Å². The second-order valence-corrected chi connectivity index (χ2v) is 7.04. The van der Waals surface area contributed by atoms with Crippen molar-refractivity contribution in [2.75, 3.05) is 39.3 Å². The van der Waals surface area contributed by atoms with Gasteiger partial charge in [-0.15, -0.1) is 0 Å². The minimum atomic E-state index is -0.405. The average Bonchev–Trinajstić information content (AvgIpc) is 2.37. The van der Waals surface area contributed by atoms with Gasteiger partial charge in [0.2, 0.25) is 0 Å². The van der Waals surface area contributed by atoms with Gasteiger partial charge in [0, 0.05) is 32.2 Å². The lowest BCUT2D eigenvalue weighted by atomic mass is 9.93. The van der Waals surface area contributed by atoms with E-state index in [1.165, 1.54) is 6.42 Å². The molecule has 2 saturated heterocycles. The Labute approximate surface area is 122 Å². The molecule has 2 rings (SSSR count). The van der Waals surface area contributed by atoms with Gasteiger partial charge in [0.1, 0.15) is 5.60 Å². The molecule has 0 aromatic heterocycles. The number of hydrogen-bond acceptors (Lipinski definition) is 4. The molecule has 0 aromatic carbocycles. The SMILES string of the molecule is CC1CNCCC1N1CCN(C(=O)OC(C)(C)C)CC1. The molecule has 20 heavy (non-hydrogen) atoms. The lowest BCUT2D eigenvalue weighted by molar-refractivity contribution is 0.00489. The minimum absolute atomic E-state index is 0.171. The summed E-state index contributed by atoms with van der Waals surface area (Å²) in [6.07, 6.45) is 1.05. The molecule has 2 heterocycles. The molecule has 0 spiro atoms. The van der Waals surface area contributed by atoms with E-state index < -0.39 is 5.60 Å². The molecule has 2 fully saturated rings. The van der Waals surface area contributed by atoms with Gasteiger partial charge in [0.15, 0.2) is 0 Å². The molecule has 0 radical (unpaired) electrons. The second kappa shape index (κ2) is 6.31. The summed E-state index contributed by atoms with van der Waals surface area (Å²) in [5.74, 6) is 0.692. The highest BCUT2D eigenvalue weighted by Crippen LogP contribution is 2.20. The Bertz CT molecular complexity index is 333. The van der Waals surface area contributed by atoms with Gasteiger partial charge in [0.05, 0.1) is 0 Å². The standard InChI is InChI=1S/C15H29N3O2/c1-12-11-16-6-5-13(12)17-7-9-18(10-8-17)14(19)20-15(2,3)4/h12-13,16H,5-11H2,1-4H3. The van der Waals surface area contributed by atoms with Gasteiger partial charge < -0.3 is 15.0 Å². The van der Waals surface area contributed by atoms with Crippen molar-refractivity contribution in [1.29, 1.82) is 0 Å². The Kier molecular flexibility index (Phi) is 4.91. The van der Waals surface area contributed by atoms with Crippen molar-refractivity contribution in [3.8, 4) is 0 Å². The number of nitrogens with one attached hydrogen (secondary N) is 1. The fourth-order valence-electron chi connectivity index (χ4n) is 3.11. The van der Waals surface area contributed by atoms with Crippen LogP contribution in [0.4, 0.5) is 4.79 Å². The Balaban J connectivity index is 1.81. The maximum Gasteiger partial charge on any atom is 0.410 e. The number of carbonyl (C=O) groups is 1. The van der Waals surface area contributed by atoms with E-state index in [1.54, 1.807) is 0 Å². The second-order valence-electron chi connectivity index (χ2n) is 7.04. The van der Waals surface area contributed by atoms with Crippen molar-refractivity contribution in [2.24, 2.45) is 5.92 Å². The molecule has 2 aliphatic heterocycles. The smallest absolute Gasteiger partial charge is 0.410 e. The normalized spacial score (nSPS) is 29.3. The molecule has 2 atom stereocenters. The van der Waals surface area contributed by atoms with Crippen molar-refractivity contribution >= 4 is 6.09 Å². The molecular formula is C15H29N3O2.